The maximum absolute atomic E-state index is 11.2. The van der Waals surface area contributed by atoms with Crippen LogP contribution in [0.3, 0.4) is 0 Å². The van der Waals surface area contributed by atoms with E-state index in [0.717, 1.165) is 25.0 Å². The largest absolute Gasteiger partial charge is 0.478 e. The zero-order chi connectivity index (χ0) is 19.3. The van der Waals surface area contributed by atoms with E-state index in [-0.39, 0.29) is 5.91 Å². The first-order valence-electron chi connectivity index (χ1n) is 10.5. The Balaban J connectivity index is 3.23. The molecule has 0 aromatic heterocycles. The van der Waals surface area contributed by atoms with Crippen molar-refractivity contribution in [1.29, 1.82) is 0 Å². The van der Waals surface area contributed by atoms with Crippen molar-refractivity contribution in [2.24, 2.45) is 0 Å². The van der Waals surface area contributed by atoms with Crippen molar-refractivity contribution in [3.63, 3.8) is 0 Å². The van der Waals surface area contributed by atoms with Crippen LogP contribution in [0.25, 0.3) is 0 Å². The van der Waals surface area contributed by atoms with Gasteiger partial charge in [0, 0.05) is 18.7 Å². The Kier molecular flexibility index (Phi) is 18.5. The third-order valence-electron chi connectivity index (χ3n) is 4.37. The van der Waals surface area contributed by atoms with Crippen LogP contribution >= 0.6 is 0 Å². The fraction of sp³-hybridized carbons (Fsp3) is 0.727. The van der Waals surface area contributed by atoms with Crippen molar-refractivity contribution in [1.82, 2.24) is 5.32 Å². The highest BCUT2D eigenvalue weighted by Gasteiger charge is 1.96. The summed E-state index contributed by atoms with van der Waals surface area (Å²) < 4.78 is 0. The number of aliphatic carboxylic acids is 1. The standard InChI is InChI=1S/C22H39NO3/c1-2-3-4-5-6-7-8-9-10-11-12-13-14-15-16-17-20-23-21(24)18-19-22(25)26/h9-10,18-19H,2-8,11-17,20H2,1H3,(H,23,24)(H,25,26). The van der Waals surface area contributed by atoms with Crippen molar-refractivity contribution in [2.45, 2.75) is 96.8 Å². The minimum absolute atomic E-state index is 0.333. The third-order valence-corrected chi connectivity index (χ3v) is 4.37. The summed E-state index contributed by atoms with van der Waals surface area (Å²) in [5.74, 6) is -1.43. The number of carbonyl (C=O) groups excluding carboxylic acids is 1. The average molecular weight is 366 g/mol. The van der Waals surface area contributed by atoms with Gasteiger partial charge in [-0.1, -0.05) is 76.9 Å². The molecule has 0 aromatic carbocycles. The van der Waals surface area contributed by atoms with Crippen LogP contribution in [-0.4, -0.2) is 23.5 Å². The van der Waals surface area contributed by atoms with Gasteiger partial charge in [0.1, 0.15) is 0 Å². The third kappa shape index (κ3) is 20.5. The summed E-state index contributed by atoms with van der Waals surface area (Å²) in [7, 11) is 0. The first-order chi connectivity index (χ1) is 12.7. The highest BCUT2D eigenvalue weighted by Crippen LogP contribution is 2.09. The van der Waals surface area contributed by atoms with E-state index >= 15 is 0 Å². The number of hydrogen-bond donors (Lipinski definition) is 2. The van der Waals surface area contributed by atoms with Crippen LogP contribution in [0.5, 0.6) is 0 Å². The number of hydrogen-bond acceptors (Lipinski definition) is 2. The van der Waals surface area contributed by atoms with E-state index < -0.39 is 5.97 Å². The predicted octanol–water partition coefficient (Wildman–Crippen LogP) is 5.78. The van der Waals surface area contributed by atoms with Gasteiger partial charge in [-0.15, -0.1) is 0 Å². The smallest absolute Gasteiger partial charge is 0.328 e. The molecule has 0 aliphatic rings. The first kappa shape index (κ1) is 24.4. The quantitative estimate of drug-likeness (QED) is 0.184. The molecule has 150 valence electrons. The summed E-state index contributed by atoms with van der Waals surface area (Å²) in [6.07, 6.45) is 24.3. The molecule has 4 nitrogen and oxygen atoms in total. The summed E-state index contributed by atoms with van der Waals surface area (Å²) in [4.78, 5) is 21.5. The number of amides is 1. The van der Waals surface area contributed by atoms with Gasteiger partial charge in [-0.2, -0.15) is 0 Å². The van der Waals surface area contributed by atoms with E-state index in [1.807, 2.05) is 0 Å². The van der Waals surface area contributed by atoms with Crippen molar-refractivity contribution in [2.75, 3.05) is 6.54 Å². The molecule has 0 radical (unpaired) electrons. The fourth-order valence-electron chi connectivity index (χ4n) is 2.79. The monoisotopic (exact) mass is 365 g/mol. The number of carboxylic acid groups (broad SMARTS) is 1. The number of carboxylic acids is 1. The summed E-state index contributed by atoms with van der Waals surface area (Å²) in [5, 5.41) is 11.1. The number of rotatable bonds is 18. The molecule has 0 unspecified atom stereocenters. The van der Waals surface area contributed by atoms with Gasteiger partial charge in [-0.05, 0) is 32.1 Å². The molecule has 0 aromatic rings. The Bertz CT molecular complexity index is 402. The highest BCUT2D eigenvalue weighted by atomic mass is 16.4. The second-order valence-corrected chi connectivity index (χ2v) is 6.90. The average Bonchev–Trinajstić information content (AvgIpc) is 2.62. The number of nitrogens with one attached hydrogen (secondary N) is 1. The molecule has 0 rings (SSSR count). The highest BCUT2D eigenvalue weighted by molar-refractivity contribution is 5.93. The van der Waals surface area contributed by atoms with Crippen LogP contribution in [0.15, 0.2) is 24.3 Å². The van der Waals surface area contributed by atoms with Crippen molar-refractivity contribution >= 4 is 11.9 Å². The van der Waals surface area contributed by atoms with Gasteiger partial charge in [-0.25, -0.2) is 4.79 Å². The van der Waals surface area contributed by atoms with E-state index in [1.54, 1.807) is 0 Å². The van der Waals surface area contributed by atoms with Gasteiger partial charge in [0.15, 0.2) is 0 Å². The van der Waals surface area contributed by atoms with E-state index in [1.165, 1.54) is 77.0 Å². The molecule has 0 fully saturated rings. The van der Waals surface area contributed by atoms with E-state index in [0.29, 0.717) is 6.54 Å². The Labute approximate surface area is 160 Å². The minimum Gasteiger partial charge on any atom is -0.478 e. The molecule has 4 heteroatoms. The van der Waals surface area contributed by atoms with Crippen LogP contribution in [0, 0.1) is 0 Å². The lowest BCUT2D eigenvalue weighted by Crippen LogP contribution is -2.22. The van der Waals surface area contributed by atoms with Gasteiger partial charge in [-0.3, -0.25) is 4.79 Å². The Morgan fingerprint density at radius 3 is 1.77 bits per heavy atom. The molecule has 0 saturated carbocycles. The lowest BCUT2D eigenvalue weighted by Gasteiger charge is -2.02. The summed E-state index contributed by atoms with van der Waals surface area (Å²) >= 11 is 0. The molecular weight excluding hydrogens is 326 g/mol. The Morgan fingerprint density at radius 1 is 0.731 bits per heavy atom. The Morgan fingerprint density at radius 2 is 1.23 bits per heavy atom. The number of carbonyl (C=O) groups is 2. The van der Waals surface area contributed by atoms with Crippen molar-refractivity contribution < 1.29 is 14.7 Å². The summed E-state index contributed by atoms with van der Waals surface area (Å²) in [6.45, 7) is 2.87. The van der Waals surface area contributed by atoms with Crippen LogP contribution in [0.1, 0.15) is 96.8 Å². The lowest BCUT2D eigenvalue weighted by atomic mass is 10.1. The topological polar surface area (TPSA) is 66.4 Å². The zero-order valence-corrected chi connectivity index (χ0v) is 16.7. The lowest BCUT2D eigenvalue weighted by molar-refractivity contribution is -0.131. The molecular formula is C22H39NO3. The molecule has 0 aliphatic heterocycles. The summed E-state index contributed by atoms with van der Waals surface area (Å²) in [5.41, 5.74) is 0. The van der Waals surface area contributed by atoms with E-state index in [4.69, 9.17) is 5.11 Å². The van der Waals surface area contributed by atoms with Crippen LogP contribution in [0.4, 0.5) is 0 Å². The number of unbranched alkanes of at least 4 members (excludes halogenated alkanes) is 12. The maximum Gasteiger partial charge on any atom is 0.328 e. The molecule has 26 heavy (non-hydrogen) atoms. The van der Waals surface area contributed by atoms with Crippen molar-refractivity contribution in [3.8, 4) is 0 Å². The zero-order valence-electron chi connectivity index (χ0n) is 16.7. The van der Waals surface area contributed by atoms with Gasteiger partial charge in [0.2, 0.25) is 5.91 Å². The first-order valence-corrected chi connectivity index (χ1v) is 10.5. The normalized spacial score (nSPS) is 11.4. The number of allylic oxidation sites excluding steroid dienone is 2. The molecule has 0 saturated heterocycles. The minimum atomic E-state index is -1.10. The molecule has 0 spiro atoms. The van der Waals surface area contributed by atoms with Gasteiger partial charge in [0.25, 0.3) is 0 Å². The SMILES string of the molecule is CCCCCCCCC=CCCCCCCCCNC(=O)C=CC(=O)O. The van der Waals surface area contributed by atoms with Crippen molar-refractivity contribution in [3.05, 3.63) is 24.3 Å². The van der Waals surface area contributed by atoms with Crippen LogP contribution in [0.2, 0.25) is 0 Å². The van der Waals surface area contributed by atoms with Crippen LogP contribution in [-0.2, 0) is 9.59 Å². The molecule has 2 N–H and O–H groups in total. The van der Waals surface area contributed by atoms with Gasteiger partial charge >= 0.3 is 5.97 Å². The van der Waals surface area contributed by atoms with Gasteiger partial charge < -0.3 is 10.4 Å². The molecule has 0 atom stereocenters. The molecule has 0 bridgehead atoms. The molecule has 0 heterocycles. The molecule has 0 aliphatic carbocycles. The predicted molar refractivity (Wildman–Crippen MR) is 109 cm³/mol. The maximum atomic E-state index is 11.2. The second-order valence-electron chi connectivity index (χ2n) is 6.90. The Hall–Kier alpha value is -1.58. The van der Waals surface area contributed by atoms with Crippen LogP contribution < -0.4 is 5.32 Å². The van der Waals surface area contributed by atoms with E-state index in [2.05, 4.69) is 24.4 Å². The summed E-state index contributed by atoms with van der Waals surface area (Å²) in [6, 6.07) is 0. The molecule has 1 amide bonds. The van der Waals surface area contributed by atoms with Gasteiger partial charge in [0.05, 0.1) is 0 Å². The fourth-order valence-corrected chi connectivity index (χ4v) is 2.79. The van der Waals surface area contributed by atoms with E-state index in [9.17, 15) is 9.59 Å². The second kappa shape index (κ2) is 19.7.